The number of rotatable bonds is 9. The molecule has 0 aliphatic rings. The van der Waals surface area contributed by atoms with E-state index in [4.69, 9.17) is 5.11 Å². The molecule has 3 aromatic rings. The maximum Gasteiger partial charge on any atom is 0.405 e. The minimum atomic E-state index is -1.37. The van der Waals surface area contributed by atoms with E-state index in [2.05, 4.69) is 20.6 Å². The van der Waals surface area contributed by atoms with Crippen molar-refractivity contribution in [1.82, 2.24) is 24.8 Å². The number of benzene rings is 1. The molecule has 34 heavy (non-hydrogen) atoms. The molecule has 2 aromatic heterocycles. The Morgan fingerprint density at radius 2 is 1.97 bits per heavy atom. The van der Waals surface area contributed by atoms with Crippen molar-refractivity contribution in [1.29, 1.82) is 0 Å². The maximum absolute atomic E-state index is 12.9. The number of hydrogen-bond donors (Lipinski definition) is 4. The van der Waals surface area contributed by atoms with Gasteiger partial charge in [0, 0.05) is 20.3 Å². The first-order valence-corrected chi connectivity index (χ1v) is 10.6. The van der Waals surface area contributed by atoms with E-state index >= 15 is 0 Å². The molecule has 0 aliphatic carbocycles. The van der Waals surface area contributed by atoms with Crippen LogP contribution in [0.25, 0.3) is 11.0 Å². The zero-order valence-electron chi connectivity index (χ0n) is 18.8. The van der Waals surface area contributed by atoms with Gasteiger partial charge in [0.05, 0.1) is 17.6 Å². The quantitative estimate of drug-likeness (QED) is 0.353. The monoisotopic (exact) mass is 466 g/mol. The molecule has 1 aromatic carbocycles. The summed E-state index contributed by atoms with van der Waals surface area (Å²) in [5.74, 6) is -0.314. The molecule has 3 amide bonds. The van der Waals surface area contributed by atoms with Crippen molar-refractivity contribution in [3.8, 4) is 0 Å². The summed E-state index contributed by atoms with van der Waals surface area (Å²) >= 11 is 0. The number of allylic oxidation sites excluding steroid dienone is 1. The SMILES string of the molecule is CN(C)C(=O)/C=C/CC[C@H](NC(=O)O)C(=O)Nc1cccn(Cc2nc3ccccc3[nH]2)c1=O. The van der Waals surface area contributed by atoms with Gasteiger partial charge in [-0.05, 0) is 43.2 Å². The van der Waals surface area contributed by atoms with E-state index in [0.717, 1.165) is 11.0 Å². The van der Waals surface area contributed by atoms with Crippen LogP contribution in [0.4, 0.5) is 10.5 Å². The predicted molar refractivity (Wildman–Crippen MR) is 127 cm³/mol. The van der Waals surface area contributed by atoms with Gasteiger partial charge in [0.15, 0.2) is 0 Å². The van der Waals surface area contributed by atoms with E-state index in [-0.39, 0.29) is 31.0 Å². The first kappa shape index (κ1) is 24.2. The van der Waals surface area contributed by atoms with Crippen LogP contribution >= 0.6 is 0 Å². The Hall–Kier alpha value is -4.41. The zero-order valence-corrected chi connectivity index (χ0v) is 18.8. The smallest absolute Gasteiger partial charge is 0.405 e. The van der Waals surface area contributed by atoms with Gasteiger partial charge < -0.3 is 30.2 Å². The van der Waals surface area contributed by atoms with Crippen LogP contribution in [0.15, 0.2) is 59.5 Å². The third-order valence-corrected chi connectivity index (χ3v) is 4.97. The van der Waals surface area contributed by atoms with Crippen molar-refractivity contribution in [2.24, 2.45) is 0 Å². The number of nitrogens with one attached hydrogen (secondary N) is 3. The molecular formula is C23H26N6O5. The van der Waals surface area contributed by atoms with Gasteiger partial charge in [-0.25, -0.2) is 9.78 Å². The number of fused-ring (bicyclic) bond motifs is 1. The zero-order chi connectivity index (χ0) is 24.7. The summed E-state index contributed by atoms with van der Waals surface area (Å²) in [6.45, 7) is 0.165. The number of para-hydroxylation sites is 2. The van der Waals surface area contributed by atoms with Crippen molar-refractivity contribution in [2.45, 2.75) is 25.4 Å². The van der Waals surface area contributed by atoms with Gasteiger partial charge in [-0.1, -0.05) is 18.2 Å². The van der Waals surface area contributed by atoms with Crippen molar-refractivity contribution in [3.63, 3.8) is 0 Å². The van der Waals surface area contributed by atoms with Gasteiger partial charge in [0.1, 0.15) is 17.6 Å². The minimum absolute atomic E-state index is 0.0131. The molecule has 0 spiro atoms. The number of carbonyl (C=O) groups excluding carboxylic acids is 2. The number of pyridine rings is 1. The summed E-state index contributed by atoms with van der Waals surface area (Å²) in [5.41, 5.74) is 1.18. The Bertz CT molecular complexity index is 1240. The first-order chi connectivity index (χ1) is 16.2. The van der Waals surface area contributed by atoms with E-state index in [0.29, 0.717) is 5.82 Å². The van der Waals surface area contributed by atoms with E-state index in [1.54, 1.807) is 32.4 Å². The van der Waals surface area contributed by atoms with Crippen LogP contribution < -0.4 is 16.2 Å². The Morgan fingerprint density at radius 3 is 2.68 bits per heavy atom. The maximum atomic E-state index is 12.9. The highest BCUT2D eigenvalue weighted by Crippen LogP contribution is 2.11. The number of carboxylic acid groups (broad SMARTS) is 1. The van der Waals surface area contributed by atoms with Crippen molar-refractivity contribution in [3.05, 3.63) is 70.9 Å². The largest absolute Gasteiger partial charge is 0.465 e. The van der Waals surface area contributed by atoms with Gasteiger partial charge in [0.25, 0.3) is 5.56 Å². The number of nitrogens with zero attached hydrogens (tertiary/aromatic N) is 3. The average Bonchev–Trinajstić information content (AvgIpc) is 3.20. The van der Waals surface area contributed by atoms with Gasteiger partial charge in [-0.2, -0.15) is 0 Å². The predicted octanol–water partition coefficient (Wildman–Crippen LogP) is 1.77. The van der Waals surface area contributed by atoms with Crippen LogP contribution in [0.5, 0.6) is 0 Å². The lowest BCUT2D eigenvalue weighted by Crippen LogP contribution is -2.44. The summed E-state index contributed by atoms with van der Waals surface area (Å²) < 4.78 is 1.39. The Morgan fingerprint density at radius 1 is 1.21 bits per heavy atom. The molecule has 0 bridgehead atoms. The third-order valence-electron chi connectivity index (χ3n) is 4.97. The molecule has 4 N–H and O–H groups in total. The van der Waals surface area contributed by atoms with Crippen LogP contribution in [0.2, 0.25) is 0 Å². The van der Waals surface area contributed by atoms with Gasteiger partial charge in [-0.15, -0.1) is 0 Å². The number of imidazole rings is 1. The number of aromatic amines is 1. The number of amides is 3. The summed E-state index contributed by atoms with van der Waals surface area (Å²) in [5, 5.41) is 13.8. The number of hydrogen-bond acceptors (Lipinski definition) is 5. The number of aromatic nitrogens is 3. The molecule has 178 valence electrons. The van der Waals surface area contributed by atoms with E-state index in [1.165, 1.54) is 21.6 Å². The summed E-state index contributed by atoms with van der Waals surface area (Å²) in [6.07, 6.45) is 3.51. The van der Waals surface area contributed by atoms with E-state index < -0.39 is 23.6 Å². The first-order valence-electron chi connectivity index (χ1n) is 10.6. The molecule has 0 fully saturated rings. The Kier molecular flexibility index (Phi) is 7.80. The fourth-order valence-electron chi connectivity index (χ4n) is 3.23. The van der Waals surface area contributed by atoms with Crippen molar-refractivity contribution in [2.75, 3.05) is 19.4 Å². The molecule has 11 nitrogen and oxygen atoms in total. The molecule has 3 rings (SSSR count). The fraction of sp³-hybridized carbons (Fsp3) is 0.261. The minimum Gasteiger partial charge on any atom is -0.465 e. The second-order valence-corrected chi connectivity index (χ2v) is 7.76. The second kappa shape index (κ2) is 10.9. The molecule has 1 atom stereocenters. The topological polar surface area (TPSA) is 149 Å². The highest BCUT2D eigenvalue weighted by atomic mass is 16.4. The average molecular weight is 466 g/mol. The highest BCUT2D eigenvalue weighted by molar-refractivity contribution is 5.96. The van der Waals surface area contributed by atoms with Crippen molar-refractivity contribution < 1.29 is 19.5 Å². The van der Waals surface area contributed by atoms with E-state index in [9.17, 15) is 19.2 Å². The molecular weight excluding hydrogens is 440 g/mol. The summed E-state index contributed by atoms with van der Waals surface area (Å²) in [4.78, 5) is 57.3. The van der Waals surface area contributed by atoms with Crippen LogP contribution in [-0.4, -0.2) is 62.6 Å². The van der Waals surface area contributed by atoms with Gasteiger partial charge in [-0.3, -0.25) is 14.4 Å². The normalized spacial score (nSPS) is 11.9. The molecule has 2 heterocycles. The molecule has 0 saturated carbocycles. The summed E-state index contributed by atoms with van der Waals surface area (Å²) in [7, 11) is 3.21. The lowest BCUT2D eigenvalue weighted by atomic mass is 10.1. The molecule has 0 saturated heterocycles. The van der Waals surface area contributed by atoms with Crippen LogP contribution in [-0.2, 0) is 16.1 Å². The van der Waals surface area contributed by atoms with Gasteiger partial charge >= 0.3 is 6.09 Å². The van der Waals surface area contributed by atoms with Gasteiger partial charge in [0.2, 0.25) is 11.8 Å². The second-order valence-electron chi connectivity index (χ2n) is 7.76. The number of likely N-dealkylation sites (N-methyl/N-ethyl adjacent to an activating group) is 1. The lowest BCUT2D eigenvalue weighted by Gasteiger charge is -2.16. The van der Waals surface area contributed by atoms with Crippen molar-refractivity contribution >= 4 is 34.6 Å². The number of H-pyrrole nitrogens is 1. The molecule has 0 unspecified atom stereocenters. The molecule has 11 heteroatoms. The highest BCUT2D eigenvalue weighted by Gasteiger charge is 2.21. The Labute approximate surface area is 195 Å². The lowest BCUT2D eigenvalue weighted by molar-refractivity contribution is -0.123. The van der Waals surface area contributed by atoms with E-state index in [1.807, 2.05) is 24.3 Å². The van der Waals surface area contributed by atoms with Crippen LogP contribution in [0.3, 0.4) is 0 Å². The molecule has 0 aliphatic heterocycles. The number of carbonyl (C=O) groups is 3. The third kappa shape index (κ3) is 6.31. The summed E-state index contributed by atoms with van der Waals surface area (Å²) in [6, 6.07) is 9.43. The van der Waals surface area contributed by atoms with Crippen LogP contribution in [0.1, 0.15) is 18.7 Å². The standard InChI is InChI=1S/C23H26N6O5/c1-28(2)20(30)12-6-5-10-17(27-23(33)34)21(31)26-18-11-7-13-29(22(18)32)14-19-24-15-8-3-4-9-16(15)25-19/h3-4,6-9,11-13,17,27H,5,10,14H2,1-2H3,(H,24,25)(H,26,31)(H,33,34)/b12-6+/t17-/m0/s1. The van der Waals surface area contributed by atoms with Crippen LogP contribution in [0, 0.1) is 0 Å². The fourth-order valence-corrected chi connectivity index (χ4v) is 3.23. The number of anilines is 1. The Balaban J connectivity index is 1.70. The molecule has 0 radical (unpaired) electrons.